The highest BCUT2D eigenvalue weighted by molar-refractivity contribution is 5.70. The van der Waals surface area contributed by atoms with Crippen LogP contribution in [0.25, 0.3) is 16.9 Å². The van der Waals surface area contributed by atoms with E-state index in [1.54, 1.807) is 14.2 Å². The lowest BCUT2D eigenvalue weighted by molar-refractivity contribution is -0.169. The molecule has 0 radical (unpaired) electrons. The number of methoxy groups -OCH3 is 2. The fourth-order valence-corrected chi connectivity index (χ4v) is 5.23. The second-order valence-corrected chi connectivity index (χ2v) is 8.71. The van der Waals surface area contributed by atoms with Crippen molar-refractivity contribution in [3.05, 3.63) is 35.5 Å². The molecule has 4 heterocycles. The minimum Gasteiger partial charge on any atom is -0.497 e. The minimum atomic E-state index is -0.391. The summed E-state index contributed by atoms with van der Waals surface area (Å²) in [4.78, 5) is 7.42. The van der Waals surface area contributed by atoms with Crippen molar-refractivity contribution in [1.82, 2.24) is 14.6 Å². The Balaban J connectivity index is 1.43. The van der Waals surface area contributed by atoms with E-state index >= 15 is 0 Å². The smallest absolute Gasteiger partial charge is 0.171 e. The van der Waals surface area contributed by atoms with Crippen LogP contribution in [0.3, 0.4) is 0 Å². The van der Waals surface area contributed by atoms with Crippen molar-refractivity contribution < 1.29 is 18.9 Å². The molecule has 8 nitrogen and oxygen atoms in total. The van der Waals surface area contributed by atoms with Crippen LogP contribution >= 0.6 is 0 Å². The number of hydrogen-bond donors (Lipinski definition) is 0. The molecule has 8 heteroatoms. The second kappa shape index (κ2) is 7.64. The Morgan fingerprint density at radius 2 is 1.66 bits per heavy atom. The number of benzene rings is 1. The number of rotatable bonds is 4. The van der Waals surface area contributed by atoms with Crippen LogP contribution in [-0.2, 0) is 22.3 Å². The maximum absolute atomic E-state index is 5.94. The van der Waals surface area contributed by atoms with Crippen molar-refractivity contribution in [2.75, 3.05) is 45.4 Å². The third-order valence-corrected chi connectivity index (χ3v) is 6.88. The summed E-state index contributed by atoms with van der Waals surface area (Å²) in [5.74, 6) is 2.27. The van der Waals surface area contributed by atoms with Crippen LogP contribution < -0.4 is 14.4 Å². The molecule has 2 aliphatic heterocycles. The number of anilines is 1. The predicted octanol–water partition coefficient (Wildman–Crippen LogP) is 3.25. The van der Waals surface area contributed by atoms with E-state index in [1.165, 1.54) is 17.1 Å². The zero-order valence-corrected chi connectivity index (χ0v) is 18.6. The Bertz CT molecular complexity index is 1140. The van der Waals surface area contributed by atoms with E-state index in [2.05, 4.69) is 11.0 Å². The molecule has 6 rings (SSSR count). The largest absolute Gasteiger partial charge is 0.497 e. The first kappa shape index (κ1) is 19.8. The Kier molecular flexibility index (Phi) is 4.73. The fourth-order valence-electron chi connectivity index (χ4n) is 5.23. The van der Waals surface area contributed by atoms with E-state index in [0.717, 1.165) is 73.6 Å². The van der Waals surface area contributed by atoms with Gasteiger partial charge in [0, 0.05) is 54.9 Å². The van der Waals surface area contributed by atoms with Gasteiger partial charge in [0.2, 0.25) is 0 Å². The Morgan fingerprint density at radius 3 is 2.34 bits per heavy atom. The fraction of sp³-hybridized carbons (Fsp3) is 0.500. The summed E-state index contributed by atoms with van der Waals surface area (Å²) in [6.07, 6.45) is 4.95. The second-order valence-electron chi connectivity index (χ2n) is 8.71. The van der Waals surface area contributed by atoms with Gasteiger partial charge in [0.25, 0.3) is 0 Å². The third kappa shape index (κ3) is 3.20. The molecule has 0 unspecified atom stereocenters. The number of nitrogens with zero attached hydrogens (tertiary/aromatic N) is 4. The van der Waals surface area contributed by atoms with Gasteiger partial charge < -0.3 is 23.8 Å². The summed E-state index contributed by atoms with van der Waals surface area (Å²) in [5, 5.41) is 5.01. The van der Waals surface area contributed by atoms with E-state index in [0.29, 0.717) is 13.2 Å². The van der Waals surface area contributed by atoms with Crippen LogP contribution in [0.1, 0.15) is 30.5 Å². The lowest BCUT2D eigenvalue weighted by Crippen LogP contribution is -2.46. The van der Waals surface area contributed by atoms with Gasteiger partial charge in [-0.15, -0.1) is 0 Å². The first-order chi connectivity index (χ1) is 15.7. The van der Waals surface area contributed by atoms with Crippen molar-refractivity contribution in [3.63, 3.8) is 0 Å². The molecule has 168 valence electrons. The monoisotopic (exact) mass is 436 g/mol. The zero-order valence-electron chi connectivity index (χ0n) is 18.6. The SMILES string of the molecule is COc1cc(OC)cc(-c2cc3nc4c(c(N5CCC6(CC5)OCCO6)n3n2)CCC4)c1. The molecule has 2 aromatic heterocycles. The molecular weight excluding hydrogens is 408 g/mol. The Labute approximate surface area is 187 Å². The van der Waals surface area contributed by atoms with E-state index in [-0.39, 0.29) is 0 Å². The third-order valence-electron chi connectivity index (χ3n) is 6.88. The van der Waals surface area contributed by atoms with E-state index in [9.17, 15) is 0 Å². The first-order valence-electron chi connectivity index (χ1n) is 11.4. The van der Waals surface area contributed by atoms with Gasteiger partial charge in [0.1, 0.15) is 17.3 Å². The molecule has 2 fully saturated rings. The number of hydrogen-bond acceptors (Lipinski definition) is 7. The molecule has 0 N–H and O–H groups in total. The minimum absolute atomic E-state index is 0.391. The van der Waals surface area contributed by atoms with E-state index in [1.807, 2.05) is 22.7 Å². The van der Waals surface area contributed by atoms with Gasteiger partial charge in [-0.1, -0.05) is 0 Å². The van der Waals surface area contributed by atoms with E-state index in [4.69, 9.17) is 29.0 Å². The number of aryl methyl sites for hydroxylation is 1. The van der Waals surface area contributed by atoms with Crippen LogP contribution in [0.5, 0.6) is 11.5 Å². The molecule has 1 spiro atoms. The van der Waals surface area contributed by atoms with Crippen molar-refractivity contribution in [1.29, 1.82) is 0 Å². The van der Waals surface area contributed by atoms with Crippen molar-refractivity contribution in [3.8, 4) is 22.8 Å². The summed E-state index contributed by atoms with van der Waals surface area (Å²) in [5.41, 5.74) is 5.22. The molecule has 3 aliphatic rings. The molecule has 3 aromatic rings. The molecule has 0 saturated carbocycles. The van der Waals surface area contributed by atoms with Gasteiger partial charge in [-0.05, 0) is 31.4 Å². The lowest BCUT2D eigenvalue weighted by atomic mass is 10.0. The summed E-state index contributed by atoms with van der Waals surface area (Å²) >= 11 is 0. The highest BCUT2D eigenvalue weighted by Crippen LogP contribution is 2.38. The number of ether oxygens (including phenoxy) is 4. The molecule has 1 aromatic carbocycles. The number of aromatic nitrogens is 3. The van der Waals surface area contributed by atoms with Gasteiger partial charge in [-0.2, -0.15) is 9.61 Å². The molecule has 0 amide bonds. The first-order valence-corrected chi connectivity index (χ1v) is 11.4. The number of fused-ring (bicyclic) bond motifs is 2. The highest BCUT2D eigenvalue weighted by atomic mass is 16.7. The van der Waals surface area contributed by atoms with Crippen LogP contribution in [0.15, 0.2) is 24.3 Å². The van der Waals surface area contributed by atoms with Gasteiger partial charge >= 0.3 is 0 Å². The van der Waals surface area contributed by atoms with Crippen LogP contribution in [-0.4, -0.2) is 60.9 Å². The molecule has 1 aliphatic carbocycles. The van der Waals surface area contributed by atoms with Crippen LogP contribution in [0.2, 0.25) is 0 Å². The lowest BCUT2D eigenvalue weighted by Gasteiger charge is -2.39. The average molecular weight is 437 g/mol. The van der Waals surface area contributed by atoms with E-state index < -0.39 is 5.79 Å². The highest BCUT2D eigenvalue weighted by Gasteiger charge is 2.41. The topological polar surface area (TPSA) is 70.4 Å². The molecule has 2 saturated heterocycles. The summed E-state index contributed by atoms with van der Waals surface area (Å²) in [6, 6.07) is 7.90. The summed E-state index contributed by atoms with van der Waals surface area (Å²) in [7, 11) is 3.32. The van der Waals surface area contributed by atoms with Crippen molar-refractivity contribution >= 4 is 11.5 Å². The molecule has 0 atom stereocenters. The van der Waals surface area contributed by atoms with Crippen molar-refractivity contribution in [2.24, 2.45) is 0 Å². The number of piperidine rings is 1. The molecule has 32 heavy (non-hydrogen) atoms. The summed E-state index contributed by atoms with van der Waals surface area (Å²) < 4.78 is 24.8. The van der Waals surface area contributed by atoms with Gasteiger partial charge in [-0.25, -0.2) is 4.98 Å². The Hall–Kier alpha value is -2.84. The summed E-state index contributed by atoms with van der Waals surface area (Å²) in [6.45, 7) is 3.16. The predicted molar refractivity (Wildman–Crippen MR) is 120 cm³/mol. The van der Waals surface area contributed by atoms with Crippen LogP contribution in [0.4, 0.5) is 5.82 Å². The molecular formula is C24H28N4O4. The maximum atomic E-state index is 5.94. The van der Waals surface area contributed by atoms with Gasteiger partial charge in [-0.3, -0.25) is 0 Å². The van der Waals surface area contributed by atoms with Gasteiger partial charge in [0.15, 0.2) is 11.4 Å². The van der Waals surface area contributed by atoms with Gasteiger partial charge in [0.05, 0.1) is 33.1 Å². The quantitative estimate of drug-likeness (QED) is 0.622. The normalized spacial score (nSPS) is 19.6. The van der Waals surface area contributed by atoms with Crippen molar-refractivity contribution in [2.45, 2.75) is 37.9 Å². The maximum Gasteiger partial charge on any atom is 0.171 e. The molecule has 0 bridgehead atoms. The zero-order chi connectivity index (χ0) is 21.7. The average Bonchev–Trinajstić information content (AvgIpc) is 3.57. The Morgan fingerprint density at radius 1 is 0.938 bits per heavy atom. The van der Waals surface area contributed by atoms with Crippen LogP contribution in [0, 0.1) is 0 Å². The standard InChI is InChI=1S/C24H28N4O4/c1-29-17-12-16(13-18(14-17)30-2)21-15-22-25-20-5-3-4-19(20)23(28(22)26-21)27-8-6-24(7-9-27)31-10-11-32-24/h12-15H,3-11H2,1-2H3.